The molecule has 5 atom stereocenters. The second kappa shape index (κ2) is 7.37. The molecule has 0 spiro atoms. The van der Waals surface area contributed by atoms with Gasteiger partial charge in [-0.2, -0.15) is 0 Å². The van der Waals surface area contributed by atoms with E-state index < -0.39 is 0 Å². The molecule has 0 bridgehead atoms. The Labute approximate surface area is 178 Å². The first kappa shape index (κ1) is 19.5. The zero-order chi connectivity index (χ0) is 20.9. The molecule has 0 aromatic heterocycles. The predicted octanol–water partition coefficient (Wildman–Crippen LogP) is 5.83. The number of fused-ring (bicyclic) bond motifs is 5. The van der Waals surface area contributed by atoms with Crippen LogP contribution in [-0.2, 0) is 11.2 Å². The molecule has 3 heteroatoms. The molecule has 2 aromatic rings. The molecule has 0 radical (unpaired) electrons. The zero-order valence-electron chi connectivity index (χ0n) is 17.9. The number of aryl methyl sites for hydroxylation is 1. The highest BCUT2D eigenvalue weighted by Gasteiger charge is 2.56. The van der Waals surface area contributed by atoms with Gasteiger partial charge in [0, 0.05) is 11.5 Å². The van der Waals surface area contributed by atoms with E-state index in [9.17, 15) is 9.59 Å². The third-order valence-corrected chi connectivity index (χ3v) is 8.52. The van der Waals surface area contributed by atoms with Crippen LogP contribution in [0.5, 0.6) is 0 Å². The van der Waals surface area contributed by atoms with Crippen LogP contribution in [-0.4, -0.2) is 18.9 Å². The molecule has 2 saturated carbocycles. The SMILES string of the molecule is COC(=O)c1ccc2c(c1)CC[C@@H]1[C@@H]2CC[C@]2(C)[C@@H](C(=O)c3ccccc3)CC[C@@H]12. The maximum Gasteiger partial charge on any atom is 0.337 e. The summed E-state index contributed by atoms with van der Waals surface area (Å²) in [6.07, 6.45) is 6.61. The lowest BCUT2D eigenvalue weighted by Crippen LogP contribution is -2.44. The van der Waals surface area contributed by atoms with Gasteiger partial charge in [0.2, 0.25) is 0 Å². The fourth-order valence-corrected chi connectivity index (χ4v) is 7.06. The van der Waals surface area contributed by atoms with Crippen LogP contribution in [0.15, 0.2) is 48.5 Å². The van der Waals surface area contributed by atoms with E-state index in [0.29, 0.717) is 29.1 Å². The van der Waals surface area contributed by atoms with Gasteiger partial charge < -0.3 is 4.74 Å². The van der Waals surface area contributed by atoms with E-state index in [4.69, 9.17) is 4.74 Å². The van der Waals surface area contributed by atoms with Crippen molar-refractivity contribution in [3.63, 3.8) is 0 Å². The van der Waals surface area contributed by atoms with Crippen molar-refractivity contribution in [2.45, 2.75) is 51.4 Å². The molecule has 0 heterocycles. The van der Waals surface area contributed by atoms with Crippen molar-refractivity contribution in [1.29, 1.82) is 0 Å². The quantitative estimate of drug-likeness (QED) is 0.479. The Balaban J connectivity index is 1.42. The number of esters is 1. The summed E-state index contributed by atoms with van der Waals surface area (Å²) in [5.74, 6) is 2.06. The Bertz CT molecular complexity index is 979. The third kappa shape index (κ3) is 2.93. The van der Waals surface area contributed by atoms with Crippen molar-refractivity contribution in [1.82, 2.24) is 0 Å². The molecule has 5 rings (SSSR count). The van der Waals surface area contributed by atoms with Crippen molar-refractivity contribution in [2.75, 3.05) is 7.11 Å². The summed E-state index contributed by atoms with van der Waals surface area (Å²) in [7, 11) is 1.44. The third-order valence-electron chi connectivity index (χ3n) is 8.52. The highest BCUT2D eigenvalue weighted by molar-refractivity contribution is 5.98. The largest absolute Gasteiger partial charge is 0.465 e. The molecular formula is C27H30O3. The summed E-state index contributed by atoms with van der Waals surface area (Å²) in [6.45, 7) is 2.39. The average Bonchev–Trinajstić information content (AvgIpc) is 3.15. The van der Waals surface area contributed by atoms with E-state index in [2.05, 4.69) is 13.0 Å². The number of ether oxygens (including phenoxy) is 1. The van der Waals surface area contributed by atoms with Crippen molar-refractivity contribution in [2.24, 2.45) is 23.2 Å². The van der Waals surface area contributed by atoms with Crippen LogP contribution in [0.4, 0.5) is 0 Å². The van der Waals surface area contributed by atoms with Gasteiger partial charge in [0.05, 0.1) is 12.7 Å². The van der Waals surface area contributed by atoms with Crippen molar-refractivity contribution in [3.05, 3.63) is 70.8 Å². The molecule has 2 fully saturated rings. The second-order valence-corrected chi connectivity index (χ2v) is 9.73. The summed E-state index contributed by atoms with van der Waals surface area (Å²) >= 11 is 0. The molecule has 0 N–H and O–H groups in total. The van der Waals surface area contributed by atoms with Crippen LogP contribution >= 0.6 is 0 Å². The maximum atomic E-state index is 13.4. The van der Waals surface area contributed by atoms with Gasteiger partial charge >= 0.3 is 5.97 Å². The molecule has 3 aliphatic carbocycles. The van der Waals surface area contributed by atoms with E-state index >= 15 is 0 Å². The van der Waals surface area contributed by atoms with Gasteiger partial charge in [-0.15, -0.1) is 0 Å². The maximum absolute atomic E-state index is 13.4. The summed E-state index contributed by atoms with van der Waals surface area (Å²) in [5, 5.41) is 0. The summed E-state index contributed by atoms with van der Waals surface area (Å²) in [5.41, 5.74) is 4.38. The van der Waals surface area contributed by atoms with E-state index in [1.807, 2.05) is 42.5 Å². The summed E-state index contributed by atoms with van der Waals surface area (Å²) < 4.78 is 4.90. The van der Waals surface area contributed by atoms with Gasteiger partial charge in [0.25, 0.3) is 0 Å². The van der Waals surface area contributed by atoms with E-state index in [0.717, 1.165) is 44.1 Å². The highest BCUT2D eigenvalue weighted by atomic mass is 16.5. The fourth-order valence-electron chi connectivity index (χ4n) is 7.06. The van der Waals surface area contributed by atoms with Crippen molar-refractivity contribution in [3.8, 4) is 0 Å². The Morgan fingerprint density at radius 2 is 1.77 bits per heavy atom. The van der Waals surface area contributed by atoms with Crippen molar-refractivity contribution >= 4 is 11.8 Å². The summed E-state index contributed by atoms with van der Waals surface area (Å²) in [4.78, 5) is 25.3. The Morgan fingerprint density at radius 3 is 2.53 bits per heavy atom. The van der Waals surface area contributed by atoms with Crippen LogP contribution in [0.1, 0.15) is 76.8 Å². The van der Waals surface area contributed by atoms with Crippen LogP contribution in [0, 0.1) is 23.2 Å². The minimum absolute atomic E-state index is 0.109. The van der Waals surface area contributed by atoms with Gasteiger partial charge in [-0.25, -0.2) is 4.79 Å². The molecule has 0 unspecified atom stereocenters. The smallest absolute Gasteiger partial charge is 0.337 e. The van der Waals surface area contributed by atoms with E-state index in [1.165, 1.54) is 18.2 Å². The minimum Gasteiger partial charge on any atom is -0.465 e. The number of carbonyl (C=O) groups excluding carboxylic acids is 2. The van der Waals surface area contributed by atoms with Crippen LogP contribution in [0.2, 0.25) is 0 Å². The predicted molar refractivity (Wildman–Crippen MR) is 117 cm³/mol. The minimum atomic E-state index is -0.255. The molecule has 3 nitrogen and oxygen atoms in total. The van der Waals surface area contributed by atoms with Crippen molar-refractivity contribution < 1.29 is 14.3 Å². The normalized spacial score (nSPS) is 31.9. The molecule has 0 saturated heterocycles. The fraction of sp³-hybridized carbons (Fsp3) is 0.481. The van der Waals surface area contributed by atoms with Crippen LogP contribution < -0.4 is 0 Å². The van der Waals surface area contributed by atoms with Crippen LogP contribution in [0.3, 0.4) is 0 Å². The molecular weight excluding hydrogens is 372 g/mol. The van der Waals surface area contributed by atoms with Gasteiger partial charge in [0.15, 0.2) is 5.78 Å². The van der Waals surface area contributed by atoms with Crippen LogP contribution in [0.25, 0.3) is 0 Å². The number of rotatable bonds is 3. The first-order valence-electron chi connectivity index (χ1n) is 11.3. The van der Waals surface area contributed by atoms with Gasteiger partial charge in [-0.1, -0.05) is 43.3 Å². The standard InChI is InChI=1S/C27H30O3/c1-27-15-14-21-20-10-9-19(26(29)30-2)16-18(20)8-11-22(21)23(27)12-13-24(27)25(28)17-6-4-3-5-7-17/h3-7,9-10,16,21-24H,8,11-15H2,1-2H3/t21-,22-,23+,24-,27+/m1/s1. The molecule has 0 aliphatic heterocycles. The number of hydrogen-bond acceptors (Lipinski definition) is 3. The van der Waals surface area contributed by atoms with Gasteiger partial charge in [-0.3, -0.25) is 4.79 Å². The number of ketones is 1. The average molecular weight is 403 g/mol. The molecule has 156 valence electrons. The number of methoxy groups -OCH3 is 1. The summed E-state index contributed by atoms with van der Waals surface area (Å²) in [6, 6.07) is 16.0. The first-order chi connectivity index (χ1) is 14.5. The zero-order valence-corrected chi connectivity index (χ0v) is 17.9. The Morgan fingerprint density at radius 1 is 0.967 bits per heavy atom. The number of carbonyl (C=O) groups is 2. The van der Waals surface area contributed by atoms with E-state index in [1.54, 1.807) is 0 Å². The van der Waals surface area contributed by atoms with Gasteiger partial charge in [0.1, 0.15) is 0 Å². The monoisotopic (exact) mass is 402 g/mol. The highest BCUT2D eigenvalue weighted by Crippen LogP contribution is 2.63. The lowest BCUT2D eigenvalue weighted by molar-refractivity contribution is 0.0276. The van der Waals surface area contributed by atoms with Gasteiger partial charge in [-0.05, 0) is 85.0 Å². The second-order valence-electron chi connectivity index (χ2n) is 9.73. The van der Waals surface area contributed by atoms with E-state index in [-0.39, 0.29) is 17.3 Å². The number of benzene rings is 2. The lowest BCUT2D eigenvalue weighted by atomic mass is 9.53. The first-order valence-corrected chi connectivity index (χ1v) is 11.3. The Kier molecular flexibility index (Phi) is 4.80. The Hall–Kier alpha value is -2.42. The molecule has 3 aliphatic rings. The topological polar surface area (TPSA) is 43.4 Å². The number of hydrogen-bond donors (Lipinski definition) is 0. The number of Topliss-reactive ketones (excluding diaryl/α,β-unsaturated/α-hetero) is 1. The lowest BCUT2D eigenvalue weighted by Gasteiger charge is -2.50. The molecule has 2 aromatic carbocycles. The molecule has 30 heavy (non-hydrogen) atoms. The molecule has 0 amide bonds.